The van der Waals surface area contributed by atoms with Crippen LogP contribution in [0.3, 0.4) is 0 Å². The van der Waals surface area contributed by atoms with Crippen molar-refractivity contribution in [2.24, 2.45) is 0 Å². The summed E-state index contributed by atoms with van der Waals surface area (Å²) in [7, 11) is 0. The predicted octanol–water partition coefficient (Wildman–Crippen LogP) is 1.42. The molecule has 1 N–H and O–H groups in total. The molecule has 0 atom stereocenters. The molecule has 1 aliphatic heterocycles. The van der Waals surface area contributed by atoms with E-state index in [1.165, 1.54) is 0 Å². The monoisotopic (exact) mass is 259 g/mol. The summed E-state index contributed by atoms with van der Waals surface area (Å²) in [6, 6.07) is 9.15. The second kappa shape index (κ2) is 6.21. The van der Waals surface area contributed by atoms with E-state index < -0.39 is 5.97 Å². The van der Waals surface area contributed by atoms with E-state index in [-0.39, 0.29) is 0 Å². The van der Waals surface area contributed by atoms with Crippen molar-refractivity contribution in [2.75, 3.05) is 37.6 Å². The number of hydrogen-bond acceptors (Lipinski definition) is 4. The van der Waals surface area contributed by atoms with E-state index in [0.29, 0.717) is 12.0 Å². The van der Waals surface area contributed by atoms with Gasteiger partial charge in [0.2, 0.25) is 0 Å². The Hall–Kier alpha value is -2.06. The lowest BCUT2D eigenvalue weighted by atomic mass is 10.2. The maximum absolute atomic E-state index is 10.8. The highest BCUT2D eigenvalue weighted by Gasteiger charge is 2.16. The van der Waals surface area contributed by atoms with Crippen LogP contribution in [-0.2, 0) is 0 Å². The molecule has 19 heavy (non-hydrogen) atoms. The Morgan fingerprint density at radius 3 is 2.37 bits per heavy atom. The molecule has 1 saturated heterocycles. The van der Waals surface area contributed by atoms with Gasteiger partial charge in [-0.3, -0.25) is 4.90 Å². The van der Waals surface area contributed by atoms with Gasteiger partial charge in [-0.2, -0.15) is 5.26 Å². The summed E-state index contributed by atoms with van der Waals surface area (Å²) < 4.78 is 0. The lowest BCUT2D eigenvalue weighted by Gasteiger charge is -2.35. The minimum atomic E-state index is -0.895. The van der Waals surface area contributed by atoms with Gasteiger partial charge in [0.05, 0.1) is 11.6 Å². The van der Waals surface area contributed by atoms with E-state index in [0.717, 1.165) is 38.4 Å². The lowest BCUT2D eigenvalue weighted by molar-refractivity contribution is 0.0697. The number of nitriles is 1. The predicted molar refractivity (Wildman–Crippen MR) is 72.3 cm³/mol. The van der Waals surface area contributed by atoms with Gasteiger partial charge >= 0.3 is 5.97 Å². The van der Waals surface area contributed by atoms with Gasteiger partial charge in [-0.1, -0.05) is 0 Å². The maximum atomic E-state index is 10.8. The van der Waals surface area contributed by atoms with Gasteiger partial charge in [-0.05, 0) is 24.3 Å². The Labute approximate surface area is 112 Å². The van der Waals surface area contributed by atoms with E-state index >= 15 is 0 Å². The summed E-state index contributed by atoms with van der Waals surface area (Å²) in [6.45, 7) is 4.56. The SMILES string of the molecule is N#CCCN1CCN(c2ccc(C(=O)O)cc2)CC1. The molecule has 0 saturated carbocycles. The molecule has 0 spiro atoms. The molecule has 5 nitrogen and oxygen atoms in total. The van der Waals surface area contributed by atoms with Gasteiger partial charge in [0.25, 0.3) is 0 Å². The fourth-order valence-corrected chi connectivity index (χ4v) is 2.25. The van der Waals surface area contributed by atoms with Crippen LogP contribution >= 0.6 is 0 Å². The van der Waals surface area contributed by atoms with Crippen molar-refractivity contribution >= 4 is 11.7 Å². The molecule has 0 radical (unpaired) electrons. The molecular formula is C14H17N3O2. The number of benzene rings is 1. The fourth-order valence-electron chi connectivity index (χ4n) is 2.25. The molecule has 0 aromatic heterocycles. The number of hydrogen-bond donors (Lipinski definition) is 1. The number of piperazine rings is 1. The molecule has 0 unspecified atom stereocenters. The highest BCUT2D eigenvalue weighted by molar-refractivity contribution is 5.88. The number of rotatable bonds is 4. The van der Waals surface area contributed by atoms with Gasteiger partial charge < -0.3 is 10.0 Å². The van der Waals surface area contributed by atoms with Gasteiger partial charge in [0, 0.05) is 44.8 Å². The molecule has 1 aliphatic rings. The van der Waals surface area contributed by atoms with Crippen molar-refractivity contribution in [1.29, 1.82) is 5.26 Å². The Morgan fingerprint density at radius 2 is 1.84 bits per heavy atom. The highest BCUT2D eigenvalue weighted by Crippen LogP contribution is 2.17. The molecule has 1 fully saturated rings. The number of carboxylic acids is 1. The number of aromatic carboxylic acids is 1. The largest absolute Gasteiger partial charge is 0.478 e. The Bertz CT molecular complexity index is 470. The molecule has 0 amide bonds. The number of nitrogens with zero attached hydrogens (tertiary/aromatic N) is 3. The van der Waals surface area contributed by atoms with Crippen LogP contribution < -0.4 is 4.90 Å². The average molecular weight is 259 g/mol. The quantitative estimate of drug-likeness (QED) is 0.885. The first kappa shape index (κ1) is 13.4. The Kier molecular flexibility index (Phi) is 4.37. The molecule has 1 heterocycles. The van der Waals surface area contributed by atoms with Gasteiger partial charge in [-0.15, -0.1) is 0 Å². The molecule has 0 aliphatic carbocycles. The maximum Gasteiger partial charge on any atom is 0.335 e. The van der Waals surface area contributed by atoms with Crippen LogP contribution in [0.25, 0.3) is 0 Å². The van der Waals surface area contributed by atoms with Crippen LogP contribution in [-0.4, -0.2) is 48.7 Å². The molecule has 1 aromatic carbocycles. The number of carbonyl (C=O) groups is 1. The van der Waals surface area contributed by atoms with Crippen molar-refractivity contribution < 1.29 is 9.90 Å². The fraction of sp³-hybridized carbons (Fsp3) is 0.429. The molecule has 0 bridgehead atoms. The van der Waals surface area contributed by atoms with Crippen molar-refractivity contribution in [3.05, 3.63) is 29.8 Å². The average Bonchev–Trinajstić information content (AvgIpc) is 2.46. The third-order valence-corrected chi connectivity index (χ3v) is 3.39. The summed E-state index contributed by atoms with van der Waals surface area (Å²) in [6.07, 6.45) is 0.577. The highest BCUT2D eigenvalue weighted by atomic mass is 16.4. The summed E-state index contributed by atoms with van der Waals surface area (Å²) in [4.78, 5) is 15.3. The summed E-state index contributed by atoms with van der Waals surface area (Å²) >= 11 is 0. The zero-order valence-corrected chi connectivity index (χ0v) is 10.7. The Morgan fingerprint density at radius 1 is 1.21 bits per heavy atom. The van der Waals surface area contributed by atoms with E-state index in [4.69, 9.17) is 10.4 Å². The van der Waals surface area contributed by atoms with Crippen LogP contribution in [0.1, 0.15) is 16.8 Å². The molecule has 5 heteroatoms. The van der Waals surface area contributed by atoms with E-state index in [1.807, 2.05) is 12.1 Å². The first-order valence-corrected chi connectivity index (χ1v) is 6.38. The van der Waals surface area contributed by atoms with Gasteiger partial charge in [0.1, 0.15) is 0 Å². The second-order valence-electron chi connectivity index (χ2n) is 4.59. The first-order chi connectivity index (χ1) is 9.20. The third kappa shape index (κ3) is 3.46. The molecular weight excluding hydrogens is 242 g/mol. The molecule has 2 rings (SSSR count). The van der Waals surface area contributed by atoms with E-state index in [2.05, 4.69) is 15.9 Å². The van der Waals surface area contributed by atoms with Crippen molar-refractivity contribution in [3.63, 3.8) is 0 Å². The summed E-state index contributed by atoms with van der Waals surface area (Å²) in [5.74, 6) is -0.895. The second-order valence-corrected chi connectivity index (χ2v) is 4.59. The minimum absolute atomic E-state index is 0.316. The number of carboxylic acid groups (broad SMARTS) is 1. The lowest BCUT2D eigenvalue weighted by Crippen LogP contribution is -2.46. The van der Waals surface area contributed by atoms with Crippen molar-refractivity contribution in [3.8, 4) is 6.07 Å². The molecule has 1 aromatic rings. The smallest absolute Gasteiger partial charge is 0.335 e. The first-order valence-electron chi connectivity index (χ1n) is 6.38. The minimum Gasteiger partial charge on any atom is -0.478 e. The standard InChI is InChI=1S/C14H17N3O2/c15-6-1-7-16-8-10-17(11-9-16)13-4-2-12(3-5-13)14(18)19/h2-5H,1,7-11H2,(H,18,19). The van der Waals surface area contributed by atoms with Crippen LogP contribution in [0.15, 0.2) is 24.3 Å². The topological polar surface area (TPSA) is 67.6 Å². The van der Waals surface area contributed by atoms with Crippen LogP contribution in [0.4, 0.5) is 5.69 Å². The zero-order chi connectivity index (χ0) is 13.7. The third-order valence-electron chi connectivity index (χ3n) is 3.39. The van der Waals surface area contributed by atoms with Crippen molar-refractivity contribution in [2.45, 2.75) is 6.42 Å². The molecule has 100 valence electrons. The zero-order valence-electron chi connectivity index (χ0n) is 10.7. The van der Waals surface area contributed by atoms with Crippen LogP contribution in [0.5, 0.6) is 0 Å². The van der Waals surface area contributed by atoms with Crippen molar-refractivity contribution in [1.82, 2.24) is 4.90 Å². The van der Waals surface area contributed by atoms with E-state index in [1.54, 1.807) is 12.1 Å². The van der Waals surface area contributed by atoms with Gasteiger partial charge in [0.15, 0.2) is 0 Å². The van der Waals surface area contributed by atoms with Gasteiger partial charge in [-0.25, -0.2) is 4.79 Å². The van der Waals surface area contributed by atoms with Crippen LogP contribution in [0.2, 0.25) is 0 Å². The summed E-state index contributed by atoms with van der Waals surface area (Å²) in [5.41, 5.74) is 1.38. The number of anilines is 1. The van der Waals surface area contributed by atoms with E-state index in [9.17, 15) is 4.79 Å². The summed E-state index contributed by atoms with van der Waals surface area (Å²) in [5, 5.41) is 17.4. The van der Waals surface area contributed by atoms with Crippen LogP contribution in [0, 0.1) is 11.3 Å². The Balaban J connectivity index is 1.90. The normalized spacial score (nSPS) is 16.1.